The number of aromatic nitrogens is 1. The van der Waals surface area contributed by atoms with E-state index in [9.17, 15) is 4.79 Å². The third-order valence-electron chi connectivity index (χ3n) is 4.06. The first-order valence-corrected chi connectivity index (χ1v) is 8.64. The predicted octanol–water partition coefficient (Wildman–Crippen LogP) is 3.74. The van der Waals surface area contributed by atoms with Crippen LogP contribution in [0.3, 0.4) is 0 Å². The normalized spacial score (nSPS) is 10.7. The van der Waals surface area contributed by atoms with E-state index >= 15 is 0 Å². The summed E-state index contributed by atoms with van der Waals surface area (Å²) in [7, 11) is 4.08. The topological polar surface area (TPSA) is 45.2 Å². The number of benzene rings is 2. The lowest BCUT2D eigenvalue weighted by atomic mass is 10.0. The Labute approximate surface area is 154 Å². The van der Waals surface area contributed by atoms with Gasteiger partial charge in [-0.05, 0) is 42.9 Å². The van der Waals surface area contributed by atoms with Gasteiger partial charge in [0.15, 0.2) is 0 Å². The molecule has 0 bridgehead atoms. The van der Waals surface area contributed by atoms with E-state index in [1.54, 1.807) is 6.20 Å². The number of carbonyl (C=O) groups is 1. The van der Waals surface area contributed by atoms with Crippen LogP contribution in [0.15, 0.2) is 72.9 Å². The van der Waals surface area contributed by atoms with Crippen molar-refractivity contribution >= 4 is 5.91 Å². The van der Waals surface area contributed by atoms with Gasteiger partial charge in [-0.1, -0.05) is 54.6 Å². The van der Waals surface area contributed by atoms with Gasteiger partial charge in [0.1, 0.15) is 5.69 Å². The van der Waals surface area contributed by atoms with E-state index in [1.807, 2.05) is 68.7 Å². The lowest BCUT2D eigenvalue weighted by Crippen LogP contribution is -2.24. The van der Waals surface area contributed by atoms with Crippen LogP contribution >= 0.6 is 0 Å². The number of hydrogen-bond donors (Lipinski definition) is 1. The molecule has 26 heavy (non-hydrogen) atoms. The van der Waals surface area contributed by atoms with Crippen molar-refractivity contribution in [2.75, 3.05) is 14.1 Å². The van der Waals surface area contributed by atoms with E-state index in [4.69, 9.17) is 0 Å². The van der Waals surface area contributed by atoms with Crippen LogP contribution < -0.4 is 5.32 Å². The minimum atomic E-state index is -0.164. The van der Waals surface area contributed by atoms with Crippen molar-refractivity contribution in [1.82, 2.24) is 15.2 Å². The Morgan fingerprint density at radius 2 is 1.73 bits per heavy atom. The fraction of sp³-hybridized carbons (Fsp3) is 0.182. The van der Waals surface area contributed by atoms with Crippen molar-refractivity contribution in [2.45, 2.75) is 13.1 Å². The predicted molar refractivity (Wildman–Crippen MR) is 105 cm³/mol. The van der Waals surface area contributed by atoms with Crippen LogP contribution in [-0.4, -0.2) is 29.9 Å². The quantitative estimate of drug-likeness (QED) is 0.740. The van der Waals surface area contributed by atoms with E-state index < -0.39 is 0 Å². The molecule has 0 fully saturated rings. The molecule has 0 saturated heterocycles. The molecule has 0 aliphatic heterocycles. The Bertz CT molecular complexity index is 875. The molecule has 0 aliphatic rings. The zero-order valence-electron chi connectivity index (χ0n) is 15.1. The largest absolute Gasteiger partial charge is 0.347 e. The third kappa shape index (κ3) is 4.55. The molecule has 1 amide bonds. The first-order chi connectivity index (χ1) is 12.6. The first kappa shape index (κ1) is 17.8. The van der Waals surface area contributed by atoms with Crippen molar-refractivity contribution in [3.05, 3.63) is 89.7 Å². The van der Waals surface area contributed by atoms with Crippen molar-refractivity contribution in [2.24, 2.45) is 0 Å². The van der Waals surface area contributed by atoms with Crippen LogP contribution in [0.5, 0.6) is 0 Å². The SMILES string of the molecule is CN(C)Cc1cccc(-c2cccnc2C(=O)NCc2ccccc2)c1. The third-order valence-corrected chi connectivity index (χ3v) is 4.06. The molecule has 1 aromatic heterocycles. The molecule has 0 saturated carbocycles. The highest BCUT2D eigenvalue weighted by atomic mass is 16.1. The van der Waals surface area contributed by atoms with Gasteiger partial charge in [-0.2, -0.15) is 0 Å². The minimum absolute atomic E-state index is 0.164. The zero-order chi connectivity index (χ0) is 18.4. The summed E-state index contributed by atoms with van der Waals surface area (Å²) >= 11 is 0. The van der Waals surface area contributed by atoms with Crippen LogP contribution in [0.4, 0.5) is 0 Å². The molecule has 0 spiro atoms. The summed E-state index contributed by atoms with van der Waals surface area (Å²) in [6.45, 7) is 1.33. The second-order valence-corrected chi connectivity index (χ2v) is 6.51. The van der Waals surface area contributed by atoms with Crippen LogP contribution in [0.2, 0.25) is 0 Å². The summed E-state index contributed by atoms with van der Waals surface area (Å²) in [6.07, 6.45) is 1.66. The Morgan fingerprint density at radius 3 is 2.50 bits per heavy atom. The van der Waals surface area contributed by atoms with Crippen LogP contribution in [0.1, 0.15) is 21.6 Å². The van der Waals surface area contributed by atoms with Gasteiger partial charge in [0.25, 0.3) is 5.91 Å². The van der Waals surface area contributed by atoms with E-state index in [1.165, 1.54) is 5.56 Å². The molecule has 3 aromatic rings. The molecule has 1 N–H and O–H groups in total. The van der Waals surface area contributed by atoms with E-state index in [2.05, 4.69) is 27.3 Å². The molecule has 0 atom stereocenters. The molecule has 132 valence electrons. The molecular weight excluding hydrogens is 322 g/mol. The highest BCUT2D eigenvalue weighted by Crippen LogP contribution is 2.23. The Morgan fingerprint density at radius 1 is 0.962 bits per heavy atom. The Hall–Kier alpha value is -2.98. The first-order valence-electron chi connectivity index (χ1n) is 8.64. The summed E-state index contributed by atoms with van der Waals surface area (Å²) in [5.41, 5.74) is 4.56. The van der Waals surface area contributed by atoms with Crippen LogP contribution in [-0.2, 0) is 13.1 Å². The maximum atomic E-state index is 12.7. The Balaban J connectivity index is 1.83. The summed E-state index contributed by atoms with van der Waals surface area (Å²) in [4.78, 5) is 19.1. The molecule has 0 unspecified atom stereocenters. The molecule has 4 nitrogen and oxygen atoms in total. The maximum Gasteiger partial charge on any atom is 0.270 e. The maximum absolute atomic E-state index is 12.7. The van der Waals surface area contributed by atoms with Gasteiger partial charge in [0.05, 0.1) is 0 Å². The highest BCUT2D eigenvalue weighted by Gasteiger charge is 2.14. The van der Waals surface area contributed by atoms with Crippen molar-refractivity contribution < 1.29 is 4.79 Å². The van der Waals surface area contributed by atoms with Gasteiger partial charge in [-0.3, -0.25) is 9.78 Å². The standard InChI is InChI=1S/C22H23N3O/c1-25(2)16-18-10-6-11-19(14-18)20-12-7-13-23-21(20)22(26)24-15-17-8-4-3-5-9-17/h3-14H,15-16H2,1-2H3,(H,24,26). The number of hydrogen-bond acceptors (Lipinski definition) is 3. The second-order valence-electron chi connectivity index (χ2n) is 6.51. The Kier molecular flexibility index (Phi) is 5.77. The summed E-state index contributed by atoms with van der Waals surface area (Å²) in [5.74, 6) is -0.164. The number of pyridine rings is 1. The van der Waals surface area contributed by atoms with Crippen molar-refractivity contribution in [3.8, 4) is 11.1 Å². The molecule has 2 aromatic carbocycles. The van der Waals surface area contributed by atoms with Crippen molar-refractivity contribution in [3.63, 3.8) is 0 Å². The summed E-state index contributed by atoms with van der Waals surface area (Å²) < 4.78 is 0. The number of nitrogens with zero attached hydrogens (tertiary/aromatic N) is 2. The molecule has 0 aliphatic carbocycles. The van der Waals surface area contributed by atoms with Crippen LogP contribution in [0, 0.1) is 0 Å². The van der Waals surface area contributed by atoms with Gasteiger partial charge < -0.3 is 10.2 Å². The highest BCUT2D eigenvalue weighted by molar-refractivity contribution is 5.98. The summed E-state index contributed by atoms with van der Waals surface area (Å²) in [6, 6.07) is 21.9. The average Bonchev–Trinajstić information content (AvgIpc) is 2.66. The van der Waals surface area contributed by atoms with E-state index in [0.717, 1.165) is 23.2 Å². The van der Waals surface area contributed by atoms with Gasteiger partial charge in [0, 0.05) is 24.8 Å². The number of nitrogens with one attached hydrogen (secondary N) is 1. The number of carbonyl (C=O) groups excluding carboxylic acids is 1. The number of rotatable bonds is 6. The van der Waals surface area contributed by atoms with E-state index in [-0.39, 0.29) is 5.91 Å². The molecule has 1 heterocycles. The van der Waals surface area contributed by atoms with Gasteiger partial charge in [-0.15, -0.1) is 0 Å². The lowest BCUT2D eigenvalue weighted by molar-refractivity contribution is 0.0946. The minimum Gasteiger partial charge on any atom is -0.347 e. The second kappa shape index (κ2) is 8.41. The van der Waals surface area contributed by atoms with Gasteiger partial charge >= 0.3 is 0 Å². The fourth-order valence-corrected chi connectivity index (χ4v) is 2.88. The van der Waals surface area contributed by atoms with Gasteiger partial charge in [0.2, 0.25) is 0 Å². The average molecular weight is 345 g/mol. The number of amides is 1. The molecule has 4 heteroatoms. The molecule has 0 radical (unpaired) electrons. The molecule has 3 rings (SSSR count). The summed E-state index contributed by atoms with van der Waals surface area (Å²) in [5, 5.41) is 2.96. The van der Waals surface area contributed by atoms with Crippen LogP contribution in [0.25, 0.3) is 11.1 Å². The lowest BCUT2D eigenvalue weighted by Gasteiger charge is -2.13. The zero-order valence-corrected chi connectivity index (χ0v) is 15.1. The fourth-order valence-electron chi connectivity index (χ4n) is 2.88. The molecular formula is C22H23N3O. The van der Waals surface area contributed by atoms with Gasteiger partial charge in [-0.25, -0.2) is 0 Å². The monoisotopic (exact) mass is 345 g/mol. The van der Waals surface area contributed by atoms with E-state index in [0.29, 0.717) is 12.2 Å². The van der Waals surface area contributed by atoms with Crippen molar-refractivity contribution in [1.29, 1.82) is 0 Å². The smallest absolute Gasteiger partial charge is 0.270 e.